The van der Waals surface area contributed by atoms with Gasteiger partial charge in [-0.15, -0.1) is 0 Å². The van der Waals surface area contributed by atoms with E-state index in [2.05, 4.69) is 27.9 Å². The minimum Gasteiger partial charge on any atom is -1.00 e. The second-order valence-corrected chi connectivity index (χ2v) is 12.0. The van der Waals surface area contributed by atoms with Crippen molar-refractivity contribution in [1.29, 1.82) is 0 Å². The zero-order valence-corrected chi connectivity index (χ0v) is 25.3. The predicted molar refractivity (Wildman–Crippen MR) is 153 cm³/mol. The first-order valence-electron chi connectivity index (χ1n) is 15.9. The molecule has 2 heteroatoms. The van der Waals surface area contributed by atoms with E-state index in [1.54, 1.807) is 4.90 Å². The normalized spacial score (nSPS) is 11.5. The van der Waals surface area contributed by atoms with Crippen LogP contribution in [0.1, 0.15) is 181 Å². The summed E-state index contributed by atoms with van der Waals surface area (Å²) in [5, 5.41) is 0. The quantitative estimate of drug-likeness (QED) is 0.111. The smallest absolute Gasteiger partial charge is 0.0766 e. The molecular formula is C32H68ClN. The van der Waals surface area contributed by atoms with Crippen LogP contribution in [0.15, 0.2) is 0 Å². The SMILES string of the molecule is CC(C)CCCCCCCCCCCCCCCCCCCCCCCCCCC[NH+](C)C.[Cl-]. The van der Waals surface area contributed by atoms with Gasteiger partial charge in [-0.1, -0.05) is 168 Å². The number of quaternary nitrogens is 1. The largest absolute Gasteiger partial charge is 1.00 e. The van der Waals surface area contributed by atoms with Crippen LogP contribution in [0.3, 0.4) is 0 Å². The summed E-state index contributed by atoms with van der Waals surface area (Å²) in [5.74, 6) is 0.896. The van der Waals surface area contributed by atoms with Crippen LogP contribution in [0.4, 0.5) is 0 Å². The van der Waals surface area contributed by atoms with Crippen molar-refractivity contribution in [2.24, 2.45) is 5.92 Å². The first-order valence-corrected chi connectivity index (χ1v) is 15.9. The van der Waals surface area contributed by atoms with Crippen LogP contribution in [0, 0.1) is 5.92 Å². The van der Waals surface area contributed by atoms with E-state index in [1.807, 2.05) is 0 Å². The van der Waals surface area contributed by atoms with Gasteiger partial charge in [0.2, 0.25) is 0 Å². The third-order valence-electron chi connectivity index (χ3n) is 7.46. The Morgan fingerprint density at radius 1 is 0.353 bits per heavy atom. The minimum absolute atomic E-state index is 0. The zero-order valence-electron chi connectivity index (χ0n) is 24.5. The molecule has 0 aliphatic rings. The number of hydrogen-bond donors (Lipinski definition) is 1. The summed E-state index contributed by atoms with van der Waals surface area (Å²) in [7, 11) is 4.53. The summed E-state index contributed by atoms with van der Waals surface area (Å²) < 4.78 is 0. The van der Waals surface area contributed by atoms with Gasteiger partial charge in [-0.05, 0) is 18.8 Å². The van der Waals surface area contributed by atoms with Crippen molar-refractivity contribution in [2.45, 2.75) is 181 Å². The monoisotopic (exact) mass is 502 g/mol. The molecule has 0 radical (unpaired) electrons. The number of rotatable bonds is 28. The second-order valence-electron chi connectivity index (χ2n) is 12.0. The van der Waals surface area contributed by atoms with Crippen LogP contribution in [0.5, 0.6) is 0 Å². The number of halogens is 1. The maximum absolute atomic E-state index is 2.35. The number of nitrogens with one attached hydrogen (secondary N) is 1. The highest BCUT2D eigenvalue weighted by Crippen LogP contribution is 2.16. The van der Waals surface area contributed by atoms with Crippen LogP contribution in [0.2, 0.25) is 0 Å². The lowest BCUT2D eigenvalue weighted by atomic mass is 10.0. The molecule has 0 bridgehead atoms. The summed E-state index contributed by atoms with van der Waals surface area (Å²) in [6, 6.07) is 0. The molecule has 0 rings (SSSR count). The molecule has 208 valence electrons. The molecule has 0 atom stereocenters. The number of unbranched alkanes of at least 4 members (excludes halogenated alkanes) is 24. The van der Waals surface area contributed by atoms with Gasteiger partial charge in [-0.2, -0.15) is 0 Å². The van der Waals surface area contributed by atoms with Crippen LogP contribution >= 0.6 is 0 Å². The van der Waals surface area contributed by atoms with E-state index in [9.17, 15) is 0 Å². The highest BCUT2D eigenvalue weighted by Gasteiger charge is 1.98. The lowest BCUT2D eigenvalue weighted by Crippen LogP contribution is -3.05. The lowest BCUT2D eigenvalue weighted by Gasteiger charge is -2.06. The first kappa shape index (κ1) is 36.4. The Bertz CT molecular complexity index is 310. The van der Waals surface area contributed by atoms with Gasteiger partial charge in [0.25, 0.3) is 0 Å². The van der Waals surface area contributed by atoms with Gasteiger partial charge in [0, 0.05) is 0 Å². The van der Waals surface area contributed by atoms with Gasteiger partial charge in [-0.3, -0.25) is 0 Å². The molecule has 0 fully saturated rings. The van der Waals surface area contributed by atoms with Gasteiger partial charge in [-0.25, -0.2) is 0 Å². The van der Waals surface area contributed by atoms with Crippen molar-refractivity contribution in [3.05, 3.63) is 0 Å². The van der Waals surface area contributed by atoms with Gasteiger partial charge in [0.05, 0.1) is 20.6 Å². The van der Waals surface area contributed by atoms with E-state index in [-0.39, 0.29) is 12.4 Å². The van der Waals surface area contributed by atoms with E-state index >= 15 is 0 Å². The summed E-state index contributed by atoms with van der Waals surface area (Å²) in [6.07, 6.45) is 38.4. The van der Waals surface area contributed by atoms with Crippen molar-refractivity contribution in [1.82, 2.24) is 0 Å². The molecule has 0 heterocycles. The molecule has 34 heavy (non-hydrogen) atoms. The summed E-state index contributed by atoms with van der Waals surface area (Å²) in [4.78, 5) is 1.60. The van der Waals surface area contributed by atoms with Crippen molar-refractivity contribution >= 4 is 0 Å². The van der Waals surface area contributed by atoms with E-state index in [4.69, 9.17) is 0 Å². The van der Waals surface area contributed by atoms with E-state index in [1.165, 1.54) is 173 Å². The predicted octanol–water partition coefficient (Wildman–Crippen LogP) is 6.93. The van der Waals surface area contributed by atoms with Crippen LogP contribution in [0.25, 0.3) is 0 Å². The third kappa shape index (κ3) is 34.4. The fourth-order valence-electron chi connectivity index (χ4n) is 5.10. The van der Waals surface area contributed by atoms with Crippen molar-refractivity contribution in [3.63, 3.8) is 0 Å². The van der Waals surface area contributed by atoms with Crippen LogP contribution in [-0.2, 0) is 0 Å². The lowest BCUT2D eigenvalue weighted by molar-refractivity contribution is -0.858. The maximum atomic E-state index is 2.35. The topological polar surface area (TPSA) is 4.44 Å². The highest BCUT2D eigenvalue weighted by molar-refractivity contribution is 4.52. The Labute approximate surface area is 224 Å². The Morgan fingerprint density at radius 2 is 0.559 bits per heavy atom. The van der Waals surface area contributed by atoms with Gasteiger partial charge in [0.15, 0.2) is 0 Å². The average molecular weight is 502 g/mol. The Balaban J connectivity index is 0. The van der Waals surface area contributed by atoms with Crippen molar-refractivity contribution in [2.75, 3.05) is 20.6 Å². The fraction of sp³-hybridized carbons (Fsp3) is 1.00. The van der Waals surface area contributed by atoms with Gasteiger partial charge < -0.3 is 17.3 Å². The summed E-state index contributed by atoms with van der Waals surface area (Å²) >= 11 is 0. The molecule has 0 aliphatic heterocycles. The van der Waals surface area contributed by atoms with E-state index in [0.717, 1.165) is 5.92 Å². The Hall–Kier alpha value is 0.250. The van der Waals surface area contributed by atoms with Gasteiger partial charge >= 0.3 is 0 Å². The van der Waals surface area contributed by atoms with Crippen LogP contribution in [-0.4, -0.2) is 20.6 Å². The third-order valence-corrected chi connectivity index (χ3v) is 7.46. The molecule has 0 saturated heterocycles. The molecule has 0 aromatic carbocycles. The maximum Gasteiger partial charge on any atom is 0.0766 e. The minimum atomic E-state index is 0. The summed E-state index contributed by atoms with van der Waals surface area (Å²) in [6.45, 7) is 6.04. The first-order chi connectivity index (χ1) is 16.1. The van der Waals surface area contributed by atoms with Gasteiger partial charge in [0.1, 0.15) is 0 Å². The summed E-state index contributed by atoms with van der Waals surface area (Å²) in [5.41, 5.74) is 0. The van der Waals surface area contributed by atoms with Crippen molar-refractivity contribution < 1.29 is 17.3 Å². The van der Waals surface area contributed by atoms with E-state index < -0.39 is 0 Å². The van der Waals surface area contributed by atoms with Crippen LogP contribution < -0.4 is 17.3 Å². The molecule has 1 nitrogen and oxygen atoms in total. The molecule has 0 aromatic rings. The van der Waals surface area contributed by atoms with Crippen molar-refractivity contribution in [3.8, 4) is 0 Å². The molecule has 0 unspecified atom stereocenters. The highest BCUT2D eigenvalue weighted by atomic mass is 35.5. The molecule has 0 spiro atoms. The number of hydrogen-bond acceptors (Lipinski definition) is 0. The zero-order chi connectivity index (χ0) is 24.2. The molecule has 1 N–H and O–H groups in total. The molecule has 0 saturated carbocycles. The standard InChI is InChI=1S/C32H67N.ClH/c1-32(2)30-28-26-24-22-20-18-16-14-12-10-8-6-5-7-9-11-13-15-17-19-21-23-25-27-29-31-33(3)4;/h32H,5-31H2,1-4H3;1H. The second kappa shape index (κ2) is 31.3. The molecule has 0 aromatic heterocycles. The molecule has 0 amide bonds. The van der Waals surface area contributed by atoms with E-state index in [0.29, 0.717) is 0 Å². The Morgan fingerprint density at radius 3 is 0.765 bits per heavy atom. The average Bonchev–Trinajstić information content (AvgIpc) is 2.78. The molecular weight excluding hydrogens is 434 g/mol. The molecule has 0 aliphatic carbocycles. The fourth-order valence-corrected chi connectivity index (χ4v) is 5.10. The Kier molecular flexibility index (Phi) is 33.5.